The molecule has 0 aromatic rings. The Balaban J connectivity index is 2.59. The standard InChI is InChI=1S/C9H14/c1-3-9-6-4-5-8(2)7-9/h4,8H,3,5,7H2,1-2H3. The van der Waals surface area contributed by atoms with E-state index in [1.54, 1.807) is 0 Å². The van der Waals surface area contributed by atoms with Gasteiger partial charge >= 0.3 is 0 Å². The molecule has 0 radical (unpaired) electrons. The fourth-order valence-electron chi connectivity index (χ4n) is 1.21. The van der Waals surface area contributed by atoms with Gasteiger partial charge in [-0.05, 0) is 36.8 Å². The molecule has 0 saturated heterocycles. The van der Waals surface area contributed by atoms with Crippen LogP contribution in [0, 0.1) is 5.92 Å². The van der Waals surface area contributed by atoms with Crippen molar-refractivity contribution in [1.29, 1.82) is 0 Å². The van der Waals surface area contributed by atoms with Crippen LogP contribution >= 0.6 is 0 Å². The van der Waals surface area contributed by atoms with Crippen LogP contribution in [-0.2, 0) is 0 Å². The molecule has 9 heavy (non-hydrogen) atoms. The van der Waals surface area contributed by atoms with Crippen LogP contribution in [0.3, 0.4) is 0 Å². The molecule has 0 spiro atoms. The highest BCUT2D eigenvalue weighted by Gasteiger charge is 2.05. The zero-order valence-electron chi connectivity index (χ0n) is 6.28. The van der Waals surface area contributed by atoms with Gasteiger partial charge in [-0.15, -0.1) is 5.73 Å². The highest BCUT2D eigenvalue weighted by atomic mass is 14.1. The first-order valence-corrected chi connectivity index (χ1v) is 3.75. The van der Waals surface area contributed by atoms with E-state index in [0.29, 0.717) is 0 Å². The van der Waals surface area contributed by atoms with Gasteiger partial charge in [0.2, 0.25) is 0 Å². The summed E-state index contributed by atoms with van der Waals surface area (Å²) in [4.78, 5) is 0. The molecule has 0 fully saturated rings. The topological polar surface area (TPSA) is 0 Å². The minimum atomic E-state index is 0.862. The smallest absolute Gasteiger partial charge is 0.0215 e. The number of rotatable bonds is 1. The first kappa shape index (κ1) is 6.64. The lowest BCUT2D eigenvalue weighted by molar-refractivity contribution is 0.567. The maximum Gasteiger partial charge on any atom is -0.0215 e. The minimum absolute atomic E-state index is 0.862. The number of hydrogen-bond donors (Lipinski definition) is 0. The highest BCUT2D eigenvalue weighted by Crippen LogP contribution is 2.20. The zero-order chi connectivity index (χ0) is 6.69. The third-order valence-electron chi connectivity index (χ3n) is 1.85. The normalized spacial score (nSPS) is 26.0. The molecule has 0 aliphatic heterocycles. The van der Waals surface area contributed by atoms with E-state index < -0.39 is 0 Å². The third kappa shape index (κ3) is 1.73. The maximum absolute atomic E-state index is 3.29. The van der Waals surface area contributed by atoms with Crippen LogP contribution in [0.15, 0.2) is 17.4 Å². The second kappa shape index (κ2) is 2.89. The Bertz CT molecular complexity index is 147. The lowest BCUT2D eigenvalue weighted by Gasteiger charge is -2.11. The number of allylic oxidation sites excluding steroid dienone is 1. The Morgan fingerprint density at radius 2 is 2.56 bits per heavy atom. The zero-order valence-corrected chi connectivity index (χ0v) is 6.28. The molecule has 1 aliphatic carbocycles. The van der Waals surface area contributed by atoms with E-state index in [-0.39, 0.29) is 0 Å². The van der Waals surface area contributed by atoms with E-state index in [1.807, 2.05) is 0 Å². The van der Waals surface area contributed by atoms with E-state index in [2.05, 4.69) is 25.7 Å². The van der Waals surface area contributed by atoms with E-state index in [4.69, 9.17) is 0 Å². The summed E-state index contributed by atoms with van der Waals surface area (Å²) < 4.78 is 0. The van der Waals surface area contributed by atoms with Crippen molar-refractivity contribution in [3.05, 3.63) is 17.4 Å². The van der Waals surface area contributed by atoms with E-state index in [1.165, 1.54) is 24.8 Å². The highest BCUT2D eigenvalue weighted by molar-refractivity contribution is 5.06. The van der Waals surface area contributed by atoms with Gasteiger partial charge in [-0.1, -0.05) is 13.8 Å². The molecular formula is C9H14. The molecule has 0 heterocycles. The summed E-state index contributed by atoms with van der Waals surface area (Å²) in [5.41, 5.74) is 4.79. The Labute approximate surface area is 57.3 Å². The monoisotopic (exact) mass is 122 g/mol. The van der Waals surface area contributed by atoms with Crippen LogP contribution in [0.4, 0.5) is 0 Å². The maximum atomic E-state index is 3.29. The van der Waals surface area contributed by atoms with E-state index in [9.17, 15) is 0 Å². The van der Waals surface area contributed by atoms with Crippen LogP contribution in [0.2, 0.25) is 0 Å². The van der Waals surface area contributed by atoms with Crippen LogP contribution in [0.25, 0.3) is 0 Å². The van der Waals surface area contributed by atoms with Gasteiger partial charge in [0.1, 0.15) is 0 Å². The first-order chi connectivity index (χ1) is 4.33. The number of hydrogen-bond acceptors (Lipinski definition) is 0. The summed E-state index contributed by atoms with van der Waals surface area (Å²) in [7, 11) is 0. The first-order valence-electron chi connectivity index (χ1n) is 3.75. The fraction of sp³-hybridized carbons (Fsp3) is 0.667. The van der Waals surface area contributed by atoms with Crippen molar-refractivity contribution in [2.45, 2.75) is 33.1 Å². The second-order valence-corrected chi connectivity index (χ2v) is 2.85. The van der Waals surface area contributed by atoms with Crippen molar-refractivity contribution >= 4 is 0 Å². The Morgan fingerprint density at radius 3 is 3.00 bits per heavy atom. The second-order valence-electron chi connectivity index (χ2n) is 2.85. The molecule has 1 atom stereocenters. The van der Waals surface area contributed by atoms with Crippen molar-refractivity contribution in [1.82, 2.24) is 0 Å². The Hall–Kier alpha value is -0.480. The molecule has 0 aromatic carbocycles. The van der Waals surface area contributed by atoms with Gasteiger partial charge in [0.25, 0.3) is 0 Å². The van der Waals surface area contributed by atoms with Gasteiger partial charge in [0.05, 0.1) is 0 Å². The average molecular weight is 122 g/mol. The predicted octanol–water partition coefficient (Wildman–Crippen LogP) is 2.91. The van der Waals surface area contributed by atoms with Crippen molar-refractivity contribution in [2.24, 2.45) is 5.92 Å². The van der Waals surface area contributed by atoms with Crippen LogP contribution in [0.1, 0.15) is 33.1 Å². The Kier molecular flexibility index (Phi) is 2.13. The molecule has 0 nitrogen and oxygen atoms in total. The molecule has 1 aliphatic rings. The van der Waals surface area contributed by atoms with Crippen molar-refractivity contribution < 1.29 is 0 Å². The van der Waals surface area contributed by atoms with Crippen LogP contribution in [-0.4, -0.2) is 0 Å². The summed E-state index contributed by atoms with van der Waals surface area (Å²) in [6.45, 7) is 4.50. The van der Waals surface area contributed by atoms with Gasteiger partial charge in [-0.25, -0.2) is 0 Å². The molecule has 50 valence electrons. The van der Waals surface area contributed by atoms with E-state index in [0.717, 1.165) is 5.92 Å². The SMILES string of the molecule is CCC1=C=CCC(C)C1. The van der Waals surface area contributed by atoms with Crippen LogP contribution < -0.4 is 0 Å². The van der Waals surface area contributed by atoms with Gasteiger partial charge in [-0.3, -0.25) is 0 Å². The fourth-order valence-corrected chi connectivity index (χ4v) is 1.21. The van der Waals surface area contributed by atoms with Crippen molar-refractivity contribution in [3.63, 3.8) is 0 Å². The molecule has 0 amide bonds. The van der Waals surface area contributed by atoms with Crippen molar-refractivity contribution in [2.75, 3.05) is 0 Å². The van der Waals surface area contributed by atoms with Gasteiger partial charge in [0.15, 0.2) is 0 Å². The lowest BCUT2D eigenvalue weighted by Crippen LogP contribution is -1.97. The third-order valence-corrected chi connectivity index (χ3v) is 1.85. The molecule has 1 unspecified atom stereocenters. The quantitative estimate of drug-likeness (QED) is 0.469. The van der Waals surface area contributed by atoms with Gasteiger partial charge < -0.3 is 0 Å². The average Bonchev–Trinajstić information content (AvgIpc) is 1.88. The summed E-state index contributed by atoms with van der Waals surface area (Å²) in [5, 5.41) is 0. The molecule has 0 N–H and O–H groups in total. The van der Waals surface area contributed by atoms with Crippen molar-refractivity contribution in [3.8, 4) is 0 Å². The Morgan fingerprint density at radius 1 is 1.78 bits per heavy atom. The van der Waals surface area contributed by atoms with Gasteiger partial charge in [-0.2, -0.15) is 0 Å². The largest absolute Gasteiger partial charge is 0.126 e. The van der Waals surface area contributed by atoms with Crippen LogP contribution in [0.5, 0.6) is 0 Å². The minimum Gasteiger partial charge on any atom is -0.126 e. The molecule has 1 rings (SSSR count). The van der Waals surface area contributed by atoms with Gasteiger partial charge in [0, 0.05) is 0 Å². The molecule has 0 heteroatoms. The van der Waals surface area contributed by atoms with E-state index >= 15 is 0 Å². The predicted molar refractivity (Wildman–Crippen MR) is 40.3 cm³/mol. The summed E-state index contributed by atoms with van der Waals surface area (Å²) in [6, 6.07) is 0. The molecule has 0 aromatic heterocycles. The molecule has 0 bridgehead atoms. The summed E-state index contributed by atoms with van der Waals surface area (Å²) in [6.07, 6.45) is 5.85. The summed E-state index contributed by atoms with van der Waals surface area (Å²) >= 11 is 0. The lowest BCUT2D eigenvalue weighted by atomic mass is 9.93. The molecular weight excluding hydrogens is 108 g/mol. The molecule has 0 saturated carbocycles. The summed E-state index contributed by atoms with van der Waals surface area (Å²) in [5.74, 6) is 0.862.